The smallest absolute Gasteiger partial charge is 0.141 e. The first-order chi connectivity index (χ1) is 13.5. The zero-order chi connectivity index (χ0) is 19.7. The molecule has 142 valence electrons. The summed E-state index contributed by atoms with van der Waals surface area (Å²) in [5.74, 6) is 0.742. The number of hydrogen-bond acceptors (Lipinski definition) is 5. The molecule has 2 heterocycles. The van der Waals surface area contributed by atoms with Crippen LogP contribution in [0.4, 0.5) is 0 Å². The predicted molar refractivity (Wildman–Crippen MR) is 108 cm³/mol. The van der Waals surface area contributed by atoms with E-state index in [0.29, 0.717) is 5.69 Å². The Morgan fingerprint density at radius 1 is 1.14 bits per heavy atom. The second-order valence-electron chi connectivity index (χ2n) is 7.67. The maximum atomic E-state index is 11.0. The third-order valence-corrected chi connectivity index (χ3v) is 5.32. The molecule has 2 N–H and O–H groups in total. The molecule has 0 fully saturated rings. The van der Waals surface area contributed by atoms with Crippen molar-refractivity contribution in [2.75, 3.05) is 6.54 Å². The van der Waals surface area contributed by atoms with Gasteiger partial charge in [-0.05, 0) is 56.6 Å². The fourth-order valence-electron chi connectivity index (χ4n) is 3.81. The van der Waals surface area contributed by atoms with Gasteiger partial charge in [0.25, 0.3) is 0 Å². The lowest BCUT2D eigenvalue weighted by Gasteiger charge is -2.43. The molecule has 1 aliphatic heterocycles. The molecule has 2 aromatic carbocycles. The van der Waals surface area contributed by atoms with Crippen LogP contribution in [-0.2, 0) is 6.42 Å². The highest BCUT2D eigenvalue weighted by atomic mass is 16.5. The monoisotopic (exact) mass is 373 g/mol. The van der Waals surface area contributed by atoms with Crippen LogP contribution in [0, 0.1) is 11.3 Å². The Labute approximate surface area is 164 Å². The highest BCUT2D eigenvalue weighted by Crippen LogP contribution is 2.43. The van der Waals surface area contributed by atoms with Crippen LogP contribution < -0.4 is 10.1 Å². The molecule has 0 spiro atoms. The first-order valence-corrected chi connectivity index (χ1v) is 9.48. The summed E-state index contributed by atoms with van der Waals surface area (Å²) in [6.45, 7) is 4.52. The molecular weight excluding hydrogens is 350 g/mol. The maximum absolute atomic E-state index is 11.0. The van der Waals surface area contributed by atoms with Gasteiger partial charge in [-0.3, -0.25) is 0 Å². The summed E-state index contributed by atoms with van der Waals surface area (Å²) in [6.07, 6.45) is 0.138. The first kappa shape index (κ1) is 18.4. The summed E-state index contributed by atoms with van der Waals surface area (Å²) in [7, 11) is 0. The Bertz CT molecular complexity index is 1040. The van der Waals surface area contributed by atoms with Crippen LogP contribution in [0.25, 0.3) is 10.9 Å². The van der Waals surface area contributed by atoms with Crippen LogP contribution in [0.15, 0.2) is 54.6 Å². The lowest BCUT2D eigenvalue weighted by Crippen LogP contribution is -2.52. The highest BCUT2D eigenvalue weighted by Gasteiger charge is 2.43. The molecule has 0 aliphatic carbocycles. The van der Waals surface area contributed by atoms with Gasteiger partial charge in [-0.1, -0.05) is 30.3 Å². The molecule has 4 rings (SSSR count). The maximum Gasteiger partial charge on any atom is 0.141 e. The summed E-state index contributed by atoms with van der Waals surface area (Å²) in [5.41, 5.74) is 2.52. The third kappa shape index (κ3) is 3.33. The van der Waals surface area contributed by atoms with E-state index >= 15 is 0 Å². The second kappa shape index (κ2) is 7.23. The number of rotatable bonds is 4. The average molecular weight is 373 g/mol. The minimum atomic E-state index is -0.725. The summed E-state index contributed by atoms with van der Waals surface area (Å²) in [6, 6.07) is 19.4. The van der Waals surface area contributed by atoms with Crippen molar-refractivity contribution in [3.63, 3.8) is 0 Å². The Morgan fingerprint density at radius 2 is 1.93 bits per heavy atom. The Kier molecular flexibility index (Phi) is 4.76. The number of pyridine rings is 1. The molecule has 0 saturated heterocycles. The van der Waals surface area contributed by atoms with Gasteiger partial charge in [-0.2, -0.15) is 5.26 Å². The van der Waals surface area contributed by atoms with Gasteiger partial charge in [-0.15, -0.1) is 0 Å². The Balaban J connectivity index is 1.70. The number of nitriles is 1. The molecule has 3 aromatic rings. The van der Waals surface area contributed by atoms with Crippen molar-refractivity contribution in [3.8, 4) is 11.8 Å². The molecular formula is C23H23N3O2. The zero-order valence-electron chi connectivity index (χ0n) is 16.0. The molecule has 0 bridgehead atoms. The van der Waals surface area contributed by atoms with Crippen molar-refractivity contribution in [2.24, 2.45) is 0 Å². The molecule has 0 radical (unpaired) electrons. The number of ether oxygens (including phenoxy) is 1. The quantitative estimate of drug-likeness (QED) is 0.732. The normalized spacial score (nSPS) is 20.2. The highest BCUT2D eigenvalue weighted by molar-refractivity contribution is 5.86. The van der Waals surface area contributed by atoms with Crippen LogP contribution in [0.2, 0.25) is 0 Å². The van der Waals surface area contributed by atoms with Gasteiger partial charge >= 0.3 is 0 Å². The van der Waals surface area contributed by atoms with E-state index in [9.17, 15) is 5.11 Å². The molecule has 2 atom stereocenters. The van der Waals surface area contributed by atoms with E-state index in [2.05, 4.69) is 28.5 Å². The van der Waals surface area contributed by atoms with Crippen LogP contribution >= 0.6 is 0 Å². The minimum Gasteiger partial charge on any atom is -0.485 e. The van der Waals surface area contributed by atoms with Crippen LogP contribution in [0.1, 0.15) is 36.7 Å². The summed E-state index contributed by atoms with van der Waals surface area (Å²) >= 11 is 0. The van der Waals surface area contributed by atoms with Crippen molar-refractivity contribution in [1.82, 2.24) is 10.3 Å². The van der Waals surface area contributed by atoms with Crippen LogP contribution in [0.5, 0.6) is 5.75 Å². The second-order valence-corrected chi connectivity index (χ2v) is 7.67. The fraction of sp³-hybridized carbons (Fsp3) is 0.304. The van der Waals surface area contributed by atoms with Crippen molar-refractivity contribution in [2.45, 2.75) is 38.0 Å². The van der Waals surface area contributed by atoms with Gasteiger partial charge in [0, 0.05) is 10.9 Å². The predicted octanol–water partition coefficient (Wildman–Crippen LogP) is 3.51. The molecule has 5 heteroatoms. The van der Waals surface area contributed by atoms with Crippen LogP contribution in [0.3, 0.4) is 0 Å². The topological polar surface area (TPSA) is 78.2 Å². The third-order valence-electron chi connectivity index (χ3n) is 5.32. The van der Waals surface area contributed by atoms with Crippen molar-refractivity contribution in [3.05, 3.63) is 71.4 Å². The lowest BCUT2D eigenvalue weighted by atomic mass is 9.84. The van der Waals surface area contributed by atoms with E-state index in [1.807, 2.05) is 50.2 Å². The van der Waals surface area contributed by atoms with Gasteiger partial charge < -0.3 is 15.2 Å². The number of nitrogens with one attached hydrogen (secondary N) is 1. The number of nitrogens with zero attached hydrogens (tertiary/aromatic N) is 2. The first-order valence-electron chi connectivity index (χ1n) is 9.48. The molecule has 0 amide bonds. The summed E-state index contributed by atoms with van der Waals surface area (Å²) in [5, 5.41) is 24.6. The molecule has 5 nitrogen and oxygen atoms in total. The van der Waals surface area contributed by atoms with E-state index in [1.165, 1.54) is 5.56 Å². The van der Waals surface area contributed by atoms with Gasteiger partial charge in [0.05, 0.1) is 11.6 Å². The fourth-order valence-corrected chi connectivity index (χ4v) is 3.81. The lowest BCUT2D eigenvalue weighted by molar-refractivity contribution is -0.0638. The van der Waals surface area contributed by atoms with E-state index in [0.717, 1.165) is 35.2 Å². The number of aliphatic hydroxyl groups is 1. The van der Waals surface area contributed by atoms with Gasteiger partial charge in [0.2, 0.25) is 0 Å². The molecule has 2 unspecified atom stereocenters. The number of aliphatic hydroxyl groups excluding tert-OH is 1. The molecule has 1 aliphatic rings. The van der Waals surface area contributed by atoms with E-state index in [4.69, 9.17) is 10.00 Å². The molecule has 28 heavy (non-hydrogen) atoms. The largest absolute Gasteiger partial charge is 0.485 e. The standard InChI is InChI=1S/C23H23N3O2/c1-23(2)22(27)21(25-13-12-15-6-4-3-5-7-15)20-17-9-8-16(14-24)26-18(17)10-11-19(20)28-23/h3-11,21-22,25,27H,12-13H2,1-2H3. The number of benzene rings is 2. The Hall–Kier alpha value is -2.94. The summed E-state index contributed by atoms with van der Waals surface area (Å²) < 4.78 is 6.11. The number of hydrogen-bond donors (Lipinski definition) is 2. The van der Waals surface area contributed by atoms with E-state index in [-0.39, 0.29) is 6.04 Å². The van der Waals surface area contributed by atoms with Gasteiger partial charge in [-0.25, -0.2) is 4.98 Å². The average Bonchev–Trinajstić information content (AvgIpc) is 2.70. The van der Waals surface area contributed by atoms with Crippen molar-refractivity contribution in [1.29, 1.82) is 5.26 Å². The Morgan fingerprint density at radius 3 is 2.68 bits per heavy atom. The molecule has 1 aromatic heterocycles. The molecule has 0 saturated carbocycles. The van der Waals surface area contributed by atoms with E-state index < -0.39 is 11.7 Å². The number of aromatic nitrogens is 1. The van der Waals surface area contributed by atoms with E-state index in [1.54, 1.807) is 6.07 Å². The van der Waals surface area contributed by atoms with Gasteiger partial charge in [0.15, 0.2) is 0 Å². The van der Waals surface area contributed by atoms with Gasteiger partial charge in [0.1, 0.15) is 29.2 Å². The SMILES string of the molecule is CC1(C)Oc2ccc3nc(C#N)ccc3c2C(NCCc2ccccc2)C1O. The van der Waals surface area contributed by atoms with Crippen molar-refractivity contribution < 1.29 is 9.84 Å². The summed E-state index contributed by atoms with van der Waals surface area (Å²) in [4.78, 5) is 4.40. The minimum absolute atomic E-state index is 0.291. The number of fused-ring (bicyclic) bond motifs is 3. The van der Waals surface area contributed by atoms with Crippen molar-refractivity contribution >= 4 is 10.9 Å². The zero-order valence-corrected chi connectivity index (χ0v) is 16.0. The van der Waals surface area contributed by atoms with Crippen LogP contribution in [-0.4, -0.2) is 28.3 Å².